The smallest absolute Gasteiger partial charge is 0.135 e. The number of fused-ring (bicyclic) bond motifs is 3. The molecule has 152 valence electrons. The van der Waals surface area contributed by atoms with Crippen LogP contribution in [0.3, 0.4) is 0 Å². The molecule has 0 aliphatic heterocycles. The maximum absolute atomic E-state index is 6.06. The van der Waals surface area contributed by atoms with E-state index in [9.17, 15) is 0 Å². The zero-order chi connectivity index (χ0) is 21.3. The topological polar surface area (TPSA) is 16.4 Å². The fourth-order valence-corrected chi connectivity index (χ4v) is 4.33. The van der Waals surface area contributed by atoms with Crippen LogP contribution in [0.2, 0.25) is 0 Å². The van der Waals surface area contributed by atoms with Gasteiger partial charge in [0.25, 0.3) is 0 Å². The van der Waals surface area contributed by atoms with Gasteiger partial charge in [0.05, 0.1) is 0 Å². The summed E-state index contributed by atoms with van der Waals surface area (Å²) in [5.74, 6) is 0. The molecule has 32 heavy (non-hydrogen) atoms. The maximum Gasteiger partial charge on any atom is 0.135 e. The number of nitrogens with zero attached hydrogens (tertiary/aromatic N) is 1. The highest BCUT2D eigenvalue weighted by Crippen LogP contribution is 2.39. The first-order chi connectivity index (χ1) is 15.9. The largest absolute Gasteiger partial charge is 0.456 e. The SMILES string of the molecule is c1ccc(-c2cccc(N(c3ccccc3)c3ccc4oc5ccccc5c4c3)c2)cc1. The van der Waals surface area contributed by atoms with Crippen LogP contribution in [0, 0.1) is 0 Å². The lowest BCUT2D eigenvalue weighted by atomic mass is 10.0. The van der Waals surface area contributed by atoms with E-state index in [1.54, 1.807) is 0 Å². The minimum atomic E-state index is 0.904. The highest BCUT2D eigenvalue weighted by molar-refractivity contribution is 6.06. The first-order valence-electron chi connectivity index (χ1n) is 10.8. The van der Waals surface area contributed by atoms with Crippen LogP contribution in [0.1, 0.15) is 0 Å². The molecule has 0 fully saturated rings. The molecule has 5 aromatic carbocycles. The van der Waals surface area contributed by atoms with Crippen LogP contribution in [-0.2, 0) is 0 Å². The zero-order valence-corrected chi connectivity index (χ0v) is 17.5. The number of hydrogen-bond donors (Lipinski definition) is 0. The molecule has 2 heteroatoms. The van der Waals surface area contributed by atoms with Crippen molar-refractivity contribution < 1.29 is 4.42 Å². The van der Waals surface area contributed by atoms with E-state index in [1.807, 2.05) is 18.2 Å². The third-order valence-corrected chi connectivity index (χ3v) is 5.84. The molecule has 0 saturated heterocycles. The normalized spacial score (nSPS) is 11.1. The molecular formula is C30H21NO. The average molecular weight is 412 g/mol. The number of rotatable bonds is 4. The number of hydrogen-bond acceptors (Lipinski definition) is 2. The molecule has 1 heterocycles. The van der Waals surface area contributed by atoms with Crippen molar-refractivity contribution in [2.75, 3.05) is 4.90 Å². The predicted octanol–water partition coefficient (Wildman–Crippen LogP) is 8.72. The lowest BCUT2D eigenvalue weighted by Gasteiger charge is -2.26. The molecule has 0 aliphatic carbocycles. The molecule has 2 nitrogen and oxygen atoms in total. The Labute approximate surface area is 187 Å². The van der Waals surface area contributed by atoms with Crippen molar-refractivity contribution in [3.05, 3.63) is 127 Å². The number of benzene rings is 5. The van der Waals surface area contributed by atoms with Crippen molar-refractivity contribution in [1.82, 2.24) is 0 Å². The molecule has 0 radical (unpaired) electrons. The molecule has 0 unspecified atom stereocenters. The van der Waals surface area contributed by atoms with Gasteiger partial charge in [0.15, 0.2) is 0 Å². The van der Waals surface area contributed by atoms with Crippen LogP contribution >= 0.6 is 0 Å². The Morgan fingerprint density at radius 1 is 0.406 bits per heavy atom. The summed E-state index contributed by atoms with van der Waals surface area (Å²) >= 11 is 0. The average Bonchev–Trinajstić information content (AvgIpc) is 3.24. The monoisotopic (exact) mass is 411 g/mol. The number of para-hydroxylation sites is 2. The van der Waals surface area contributed by atoms with Gasteiger partial charge in [0.1, 0.15) is 11.2 Å². The van der Waals surface area contributed by atoms with Crippen molar-refractivity contribution in [3.8, 4) is 11.1 Å². The van der Waals surface area contributed by atoms with Gasteiger partial charge in [0.2, 0.25) is 0 Å². The van der Waals surface area contributed by atoms with Gasteiger partial charge in [-0.05, 0) is 59.7 Å². The van der Waals surface area contributed by atoms with E-state index in [0.717, 1.165) is 39.0 Å². The van der Waals surface area contributed by atoms with Crippen molar-refractivity contribution in [2.24, 2.45) is 0 Å². The molecule has 0 bridgehead atoms. The summed E-state index contributed by atoms with van der Waals surface area (Å²) in [6, 6.07) is 44.3. The number of furan rings is 1. The Bertz CT molecular complexity index is 1520. The first-order valence-corrected chi connectivity index (χ1v) is 10.8. The molecule has 6 aromatic rings. The van der Waals surface area contributed by atoms with Gasteiger partial charge < -0.3 is 9.32 Å². The van der Waals surface area contributed by atoms with Crippen LogP contribution in [-0.4, -0.2) is 0 Å². The fraction of sp³-hybridized carbons (Fsp3) is 0. The summed E-state index contributed by atoms with van der Waals surface area (Å²) in [7, 11) is 0. The highest BCUT2D eigenvalue weighted by atomic mass is 16.3. The summed E-state index contributed by atoms with van der Waals surface area (Å²) in [5.41, 5.74) is 7.55. The summed E-state index contributed by atoms with van der Waals surface area (Å²) in [6.07, 6.45) is 0. The van der Waals surface area contributed by atoms with E-state index in [1.165, 1.54) is 11.1 Å². The molecular weight excluding hydrogens is 390 g/mol. The number of anilines is 3. The van der Waals surface area contributed by atoms with Gasteiger partial charge in [-0.3, -0.25) is 0 Å². The Balaban J connectivity index is 1.55. The quantitative estimate of drug-likeness (QED) is 0.288. The van der Waals surface area contributed by atoms with Gasteiger partial charge in [-0.15, -0.1) is 0 Å². The Hall–Kier alpha value is -4.30. The molecule has 0 N–H and O–H groups in total. The van der Waals surface area contributed by atoms with Crippen LogP contribution in [0.5, 0.6) is 0 Å². The molecule has 0 saturated carbocycles. The highest BCUT2D eigenvalue weighted by Gasteiger charge is 2.15. The molecule has 0 spiro atoms. The molecule has 6 rings (SSSR count). The molecule has 1 aromatic heterocycles. The standard InChI is InChI=1S/C30H21NO/c1-3-10-22(11-4-1)23-12-9-15-25(20-23)31(24-13-5-2-6-14-24)26-18-19-30-28(21-26)27-16-7-8-17-29(27)32-30/h1-21H. The maximum atomic E-state index is 6.06. The van der Waals surface area contributed by atoms with E-state index in [4.69, 9.17) is 4.42 Å². The third kappa shape index (κ3) is 3.23. The summed E-state index contributed by atoms with van der Waals surface area (Å²) in [6.45, 7) is 0. The van der Waals surface area contributed by atoms with Gasteiger partial charge in [0, 0.05) is 27.8 Å². The Morgan fingerprint density at radius 2 is 1.03 bits per heavy atom. The lowest BCUT2D eigenvalue weighted by Crippen LogP contribution is -2.09. The van der Waals surface area contributed by atoms with E-state index in [-0.39, 0.29) is 0 Å². The minimum absolute atomic E-state index is 0.904. The van der Waals surface area contributed by atoms with Gasteiger partial charge in [-0.25, -0.2) is 0 Å². The fourth-order valence-electron chi connectivity index (χ4n) is 4.33. The van der Waals surface area contributed by atoms with Crippen molar-refractivity contribution >= 4 is 39.0 Å². The Kier molecular flexibility index (Phi) is 4.47. The lowest BCUT2D eigenvalue weighted by molar-refractivity contribution is 0.669. The minimum Gasteiger partial charge on any atom is -0.456 e. The van der Waals surface area contributed by atoms with Crippen LogP contribution in [0.4, 0.5) is 17.1 Å². The second-order valence-electron chi connectivity index (χ2n) is 7.87. The Morgan fingerprint density at radius 3 is 1.88 bits per heavy atom. The van der Waals surface area contributed by atoms with Crippen molar-refractivity contribution in [2.45, 2.75) is 0 Å². The summed E-state index contributed by atoms with van der Waals surface area (Å²) < 4.78 is 6.06. The van der Waals surface area contributed by atoms with Gasteiger partial charge in [-0.2, -0.15) is 0 Å². The molecule has 0 aliphatic rings. The van der Waals surface area contributed by atoms with E-state index >= 15 is 0 Å². The van der Waals surface area contributed by atoms with E-state index in [0.29, 0.717) is 0 Å². The first kappa shape index (κ1) is 18.5. The van der Waals surface area contributed by atoms with Crippen molar-refractivity contribution in [1.29, 1.82) is 0 Å². The van der Waals surface area contributed by atoms with Crippen LogP contribution in [0.25, 0.3) is 33.1 Å². The zero-order valence-electron chi connectivity index (χ0n) is 17.5. The molecule has 0 atom stereocenters. The van der Waals surface area contributed by atoms with Crippen LogP contribution < -0.4 is 4.90 Å². The predicted molar refractivity (Wildman–Crippen MR) is 134 cm³/mol. The molecule has 0 amide bonds. The second kappa shape index (κ2) is 7.75. The summed E-state index contributed by atoms with van der Waals surface area (Å²) in [4.78, 5) is 2.30. The van der Waals surface area contributed by atoms with Crippen molar-refractivity contribution in [3.63, 3.8) is 0 Å². The summed E-state index contributed by atoms with van der Waals surface area (Å²) in [5, 5.41) is 2.26. The van der Waals surface area contributed by atoms with E-state index < -0.39 is 0 Å². The van der Waals surface area contributed by atoms with Crippen LogP contribution in [0.15, 0.2) is 132 Å². The van der Waals surface area contributed by atoms with Gasteiger partial charge in [-0.1, -0.05) is 78.9 Å². The van der Waals surface area contributed by atoms with Gasteiger partial charge >= 0.3 is 0 Å². The third-order valence-electron chi connectivity index (χ3n) is 5.84. The van der Waals surface area contributed by atoms with E-state index in [2.05, 4.69) is 114 Å². The second-order valence-corrected chi connectivity index (χ2v) is 7.87.